The van der Waals surface area contributed by atoms with E-state index in [0.717, 1.165) is 17.2 Å². The molecule has 4 rings (SSSR count). The third-order valence-electron chi connectivity index (χ3n) is 5.75. The summed E-state index contributed by atoms with van der Waals surface area (Å²) in [6.07, 6.45) is -1.06. The Balaban J connectivity index is 1.45. The first kappa shape index (κ1) is 17.1. The van der Waals surface area contributed by atoms with Crippen molar-refractivity contribution in [1.82, 2.24) is 5.43 Å². The van der Waals surface area contributed by atoms with Crippen LogP contribution in [0.25, 0.3) is 10.8 Å². The summed E-state index contributed by atoms with van der Waals surface area (Å²) in [6.45, 7) is 0. The number of nitrogens with one attached hydrogen (secondary N) is 1. The molecule has 2 aliphatic carbocycles. The van der Waals surface area contributed by atoms with Gasteiger partial charge < -0.3 is 0 Å². The lowest BCUT2D eigenvalue weighted by atomic mass is 9.81. The summed E-state index contributed by atoms with van der Waals surface area (Å²) >= 11 is 0. The molecule has 0 heterocycles. The highest BCUT2D eigenvalue weighted by Gasteiger charge is 2.56. The van der Waals surface area contributed by atoms with Crippen LogP contribution in [0.3, 0.4) is 0 Å². The van der Waals surface area contributed by atoms with Crippen LogP contribution in [0.15, 0.2) is 47.6 Å². The van der Waals surface area contributed by atoms with E-state index in [1.807, 2.05) is 30.3 Å². The Labute approximate surface area is 149 Å². The fraction of sp³-hybridized carbons (Fsp3) is 0.400. The molecule has 0 saturated heterocycles. The van der Waals surface area contributed by atoms with E-state index in [9.17, 15) is 18.0 Å². The predicted octanol–water partition coefficient (Wildman–Crippen LogP) is 4.78. The molecular weight excluding hydrogens is 341 g/mol. The van der Waals surface area contributed by atoms with Crippen molar-refractivity contribution in [3.05, 3.63) is 48.0 Å². The minimum atomic E-state index is -4.14. The Morgan fingerprint density at radius 1 is 1.08 bits per heavy atom. The van der Waals surface area contributed by atoms with Gasteiger partial charge in [-0.2, -0.15) is 18.3 Å². The highest BCUT2D eigenvalue weighted by molar-refractivity contribution is 6.07. The molecule has 0 aliphatic heterocycles. The average molecular weight is 360 g/mol. The van der Waals surface area contributed by atoms with Crippen LogP contribution in [-0.2, 0) is 0 Å². The maximum Gasteiger partial charge on any atom is 0.392 e. The molecule has 4 atom stereocenters. The van der Waals surface area contributed by atoms with Crippen molar-refractivity contribution in [1.29, 1.82) is 0 Å². The van der Waals surface area contributed by atoms with Crippen LogP contribution >= 0.6 is 0 Å². The first-order valence-corrected chi connectivity index (χ1v) is 8.81. The molecular formula is C20H19F3N2O. The van der Waals surface area contributed by atoms with Gasteiger partial charge in [-0.1, -0.05) is 36.4 Å². The number of rotatable bonds is 3. The zero-order chi connectivity index (χ0) is 18.3. The number of benzene rings is 2. The van der Waals surface area contributed by atoms with E-state index in [1.165, 1.54) is 6.21 Å². The maximum atomic E-state index is 13.1. The van der Waals surface area contributed by atoms with Gasteiger partial charge in [-0.25, -0.2) is 5.43 Å². The second kappa shape index (κ2) is 6.41. The molecule has 1 amide bonds. The highest BCUT2D eigenvalue weighted by Crippen LogP contribution is 2.56. The van der Waals surface area contributed by atoms with E-state index in [0.29, 0.717) is 12.0 Å². The monoisotopic (exact) mass is 360 g/mol. The normalized spacial score (nSPS) is 28.1. The van der Waals surface area contributed by atoms with Crippen molar-refractivity contribution in [3.8, 4) is 0 Å². The fourth-order valence-electron chi connectivity index (χ4n) is 4.63. The number of hydrogen-bond donors (Lipinski definition) is 1. The molecule has 6 heteroatoms. The first-order valence-electron chi connectivity index (χ1n) is 8.81. The summed E-state index contributed by atoms with van der Waals surface area (Å²) in [7, 11) is 0. The molecule has 0 aromatic heterocycles. The Bertz CT molecular complexity index is 856. The fourth-order valence-corrected chi connectivity index (χ4v) is 4.63. The predicted molar refractivity (Wildman–Crippen MR) is 93.8 cm³/mol. The number of nitrogens with zero attached hydrogens (tertiary/aromatic N) is 1. The summed E-state index contributed by atoms with van der Waals surface area (Å²) in [5.41, 5.74) is 2.98. The number of hydrazone groups is 1. The number of fused-ring (bicyclic) bond motifs is 3. The van der Waals surface area contributed by atoms with Gasteiger partial charge in [0, 0.05) is 11.8 Å². The van der Waals surface area contributed by atoms with Crippen molar-refractivity contribution in [2.45, 2.75) is 25.4 Å². The topological polar surface area (TPSA) is 41.5 Å². The van der Waals surface area contributed by atoms with Crippen LogP contribution < -0.4 is 5.43 Å². The molecule has 1 N–H and O–H groups in total. The summed E-state index contributed by atoms with van der Waals surface area (Å²) < 4.78 is 39.3. The maximum absolute atomic E-state index is 13.1. The van der Waals surface area contributed by atoms with Gasteiger partial charge in [0.1, 0.15) is 0 Å². The lowest BCUT2D eigenvalue weighted by Gasteiger charge is -2.28. The van der Waals surface area contributed by atoms with Gasteiger partial charge in [-0.3, -0.25) is 4.79 Å². The van der Waals surface area contributed by atoms with Gasteiger partial charge >= 0.3 is 6.18 Å². The number of hydrogen-bond acceptors (Lipinski definition) is 2. The quantitative estimate of drug-likeness (QED) is 0.621. The van der Waals surface area contributed by atoms with Gasteiger partial charge in [0.05, 0.1) is 5.92 Å². The number of halogens is 3. The number of carbonyl (C=O) groups excluding carboxylic acids is 1. The summed E-state index contributed by atoms with van der Waals surface area (Å²) in [6, 6.07) is 13.0. The lowest BCUT2D eigenvalue weighted by Crippen LogP contribution is -2.33. The smallest absolute Gasteiger partial charge is 0.267 e. The Kier molecular flexibility index (Phi) is 4.21. The SMILES string of the molecule is O=C(N/N=C\[C@H]1C[C@H]2C[C@@H]1[C@H](C(F)(F)F)C2)c1cccc2ccccc12. The molecule has 2 saturated carbocycles. The van der Waals surface area contributed by atoms with Crippen molar-refractivity contribution < 1.29 is 18.0 Å². The molecule has 0 spiro atoms. The van der Waals surface area contributed by atoms with Crippen molar-refractivity contribution in [3.63, 3.8) is 0 Å². The van der Waals surface area contributed by atoms with E-state index >= 15 is 0 Å². The zero-order valence-electron chi connectivity index (χ0n) is 14.0. The van der Waals surface area contributed by atoms with E-state index < -0.39 is 18.0 Å². The molecule has 2 bridgehead atoms. The molecule has 136 valence electrons. The average Bonchev–Trinajstić information content (AvgIpc) is 3.21. The van der Waals surface area contributed by atoms with E-state index in [-0.39, 0.29) is 24.2 Å². The molecule has 2 aromatic rings. The molecule has 3 nitrogen and oxygen atoms in total. The van der Waals surface area contributed by atoms with Gasteiger partial charge in [0.2, 0.25) is 0 Å². The Morgan fingerprint density at radius 3 is 2.62 bits per heavy atom. The standard InChI is InChI=1S/C20H19F3N2O/c21-20(22,23)18-10-12-8-14(17(18)9-12)11-24-25-19(26)16-7-3-5-13-4-1-2-6-15(13)16/h1-7,11-12,14,17-18H,8-10H2,(H,25,26)/b24-11-/t12-,14+,17-,18+/m0/s1. The molecule has 0 radical (unpaired) electrons. The van der Waals surface area contributed by atoms with Crippen LogP contribution in [0.2, 0.25) is 0 Å². The van der Waals surface area contributed by atoms with Crippen LogP contribution in [0, 0.1) is 23.7 Å². The van der Waals surface area contributed by atoms with E-state index in [4.69, 9.17) is 0 Å². The van der Waals surface area contributed by atoms with Crippen LogP contribution in [0.5, 0.6) is 0 Å². The zero-order valence-corrected chi connectivity index (χ0v) is 14.0. The van der Waals surface area contributed by atoms with Crippen LogP contribution in [0.1, 0.15) is 29.6 Å². The number of alkyl halides is 3. The Morgan fingerprint density at radius 2 is 1.85 bits per heavy atom. The highest BCUT2D eigenvalue weighted by atomic mass is 19.4. The second-order valence-corrected chi connectivity index (χ2v) is 7.29. The first-order chi connectivity index (χ1) is 12.4. The van der Waals surface area contributed by atoms with E-state index in [1.54, 1.807) is 12.1 Å². The number of amides is 1. The molecule has 2 aliphatic rings. The van der Waals surface area contributed by atoms with E-state index in [2.05, 4.69) is 10.5 Å². The summed E-state index contributed by atoms with van der Waals surface area (Å²) in [5.74, 6) is -2.08. The molecule has 2 fully saturated rings. The third-order valence-corrected chi connectivity index (χ3v) is 5.75. The van der Waals surface area contributed by atoms with Crippen molar-refractivity contribution in [2.24, 2.45) is 28.8 Å². The Hall–Kier alpha value is -2.37. The van der Waals surface area contributed by atoms with Crippen molar-refractivity contribution in [2.75, 3.05) is 0 Å². The van der Waals surface area contributed by atoms with Gasteiger partial charge in [-0.15, -0.1) is 0 Å². The van der Waals surface area contributed by atoms with Gasteiger partial charge in [0.15, 0.2) is 0 Å². The molecule has 26 heavy (non-hydrogen) atoms. The van der Waals surface area contributed by atoms with Crippen molar-refractivity contribution >= 4 is 22.9 Å². The van der Waals surface area contributed by atoms with Crippen LogP contribution in [-0.4, -0.2) is 18.3 Å². The summed E-state index contributed by atoms with van der Waals surface area (Å²) in [4.78, 5) is 12.4. The molecule has 0 unspecified atom stereocenters. The van der Waals surface area contributed by atoms with Gasteiger partial charge in [-0.05, 0) is 53.9 Å². The molecule has 2 aromatic carbocycles. The van der Waals surface area contributed by atoms with Gasteiger partial charge in [0.25, 0.3) is 5.91 Å². The summed E-state index contributed by atoms with van der Waals surface area (Å²) in [5, 5.41) is 5.75. The third kappa shape index (κ3) is 3.08. The minimum Gasteiger partial charge on any atom is -0.267 e. The second-order valence-electron chi connectivity index (χ2n) is 7.29. The van der Waals surface area contributed by atoms with Crippen LogP contribution in [0.4, 0.5) is 13.2 Å². The number of carbonyl (C=O) groups is 1. The minimum absolute atomic E-state index is 0.122. The largest absolute Gasteiger partial charge is 0.392 e. The lowest BCUT2D eigenvalue weighted by molar-refractivity contribution is -0.189.